The van der Waals surface area contributed by atoms with E-state index in [0.717, 1.165) is 19.3 Å². The molecule has 5 nitrogen and oxygen atoms in total. The fourth-order valence-corrected chi connectivity index (χ4v) is 1.69. The van der Waals surface area contributed by atoms with Gasteiger partial charge in [0.05, 0.1) is 0 Å². The molecule has 0 bridgehead atoms. The van der Waals surface area contributed by atoms with Gasteiger partial charge >= 0.3 is 0 Å². The first-order valence-electron chi connectivity index (χ1n) is 6.35. The van der Waals surface area contributed by atoms with Crippen molar-refractivity contribution in [2.45, 2.75) is 33.1 Å². The highest BCUT2D eigenvalue weighted by molar-refractivity contribution is 5.98. The summed E-state index contributed by atoms with van der Waals surface area (Å²) in [5.74, 6) is -0.221. The van der Waals surface area contributed by atoms with E-state index < -0.39 is 5.56 Å². The van der Waals surface area contributed by atoms with Crippen molar-refractivity contribution < 1.29 is 9.53 Å². The number of unbranched alkanes of at least 4 members (excludes halogenated alkanes) is 2. The summed E-state index contributed by atoms with van der Waals surface area (Å²) < 4.78 is 5.29. The van der Waals surface area contributed by atoms with Crippen molar-refractivity contribution in [2.24, 2.45) is 0 Å². The number of aromatic amines is 1. The lowest BCUT2D eigenvalue weighted by Crippen LogP contribution is -2.18. The number of carbonyl (C=O) groups excluding carboxylic acids is 1. The fraction of sp³-hybridized carbons (Fsp3) is 0.500. The van der Waals surface area contributed by atoms with Gasteiger partial charge in [-0.3, -0.25) is 9.59 Å². The van der Waals surface area contributed by atoms with E-state index in [-0.39, 0.29) is 18.0 Å². The van der Waals surface area contributed by atoms with Crippen molar-refractivity contribution in [1.82, 2.24) is 4.98 Å². The summed E-state index contributed by atoms with van der Waals surface area (Å²) in [4.78, 5) is 25.8. The molecule has 0 aliphatic heterocycles. The van der Waals surface area contributed by atoms with Crippen LogP contribution in [0.15, 0.2) is 10.9 Å². The highest BCUT2D eigenvalue weighted by atomic mass is 16.5. The molecule has 0 fully saturated rings. The van der Waals surface area contributed by atoms with Gasteiger partial charge < -0.3 is 9.72 Å². The Balaban J connectivity index is 2.67. The molecule has 5 heteroatoms. The molecule has 1 heterocycles. The molecule has 0 unspecified atom stereocenters. The first-order chi connectivity index (χ1) is 9.10. The summed E-state index contributed by atoms with van der Waals surface area (Å²) in [7, 11) is 0. The second-order valence-corrected chi connectivity index (χ2v) is 4.35. The maximum atomic E-state index is 11.9. The second kappa shape index (κ2) is 7.49. The Morgan fingerprint density at radius 3 is 2.84 bits per heavy atom. The predicted molar refractivity (Wildman–Crippen MR) is 71.2 cm³/mol. The van der Waals surface area contributed by atoms with Crippen LogP contribution in [0.5, 0.6) is 0 Å². The van der Waals surface area contributed by atoms with Crippen LogP contribution in [-0.2, 0) is 4.74 Å². The minimum atomic E-state index is -0.472. The van der Waals surface area contributed by atoms with E-state index in [0.29, 0.717) is 17.9 Å². The lowest BCUT2D eigenvalue weighted by Gasteiger charge is -2.06. The summed E-state index contributed by atoms with van der Waals surface area (Å²) in [6.07, 6.45) is 3.10. The van der Waals surface area contributed by atoms with Gasteiger partial charge in [-0.05, 0) is 19.4 Å². The van der Waals surface area contributed by atoms with Gasteiger partial charge in [0.2, 0.25) is 0 Å². The number of aromatic nitrogens is 1. The Hall–Kier alpha value is -1.93. The van der Waals surface area contributed by atoms with Crippen molar-refractivity contribution in [1.29, 1.82) is 5.26 Å². The Morgan fingerprint density at radius 2 is 2.21 bits per heavy atom. The molecular formula is C14H18N2O3. The number of nitriles is 1. The molecule has 0 saturated carbocycles. The fourth-order valence-electron chi connectivity index (χ4n) is 1.69. The molecule has 1 aromatic heterocycles. The highest BCUT2D eigenvalue weighted by Crippen LogP contribution is 2.06. The van der Waals surface area contributed by atoms with Gasteiger partial charge in [-0.2, -0.15) is 5.26 Å². The van der Waals surface area contributed by atoms with E-state index in [1.165, 1.54) is 6.07 Å². The standard InChI is InChI=1S/C14H18N2O3/c1-3-4-5-6-19-9-13(17)12-7-11(8-15)14(18)16-10(12)2/h7H,3-6,9H2,1-2H3,(H,16,18). The van der Waals surface area contributed by atoms with E-state index in [9.17, 15) is 9.59 Å². The van der Waals surface area contributed by atoms with E-state index >= 15 is 0 Å². The Bertz CT molecular complexity index is 541. The molecule has 0 spiro atoms. The number of ketones is 1. The van der Waals surface area contributed by atoms with Gasteiger partial charge in [0.15, 0.2) is 5.78 Å². The Labute approximate surface area is 112 Å². The molecule has 1 N–H and O–H groups in total. The van der Waals surface area contributed by atoms with Crippen molar-refractivity contribution in [3.8, 4) is 6.07 Å². The summed E-state index contributed by atoms with van der Waals surface area (Å²) >= 11 is 0. The summed E-state index contributed by atoms with van der Waals surface area (Å²) in [6, 6.07) is 3.09. The van der Waals surface area contributed by atoms with Crippen LogP contribution in [0.1, 0.15) is 47.8 Å². The van der Waals surface area contributed by atoms with Gasteiger partial charge in [-0.25, -0.2) is 0 Å². The molecular weight excluding hydrogens is 244 g/mol. The first-order valence-corrected chi connectivity index (χ1v) is 6.35. The average Bonchev–Trinajstić information content (AvgIpc) is 2.38. The molecule has 102 valence electrons. The normalized spacial score (nSPS) is 10.2. The quantitative estimate of drug-likeness (QED) is 0.601. The third-order valence-electron chi connectivity index (χ3n) is 2.78. The lowest BCUT2D eigenvalue weighted by molar-refractivity contribution is 0.0752. The average molecular weight is 262 g/mol. The van der Waals surface area contributed by atoms with Crippen LogP contribution in [0, 0.1) is 18.3 Å². The van der Waals surface area contributed by atoms with Gasteiger partial charge in [-0.1, -0.05) is 19.8 Å². The summed E-state index contributed by atoms with van der Waals surface area (Å²) in [6.45, 7) is 4.25. The number of rotatable bonds is 7. The van der Waals surface area contributed by atoms with Gasteiger partial charge in [-0.15, -0.1) is 0 Å². The van der Waals surface area contributed by atoms with Crippen LogP contribution in [-0.4, -0.2) is 24.0 Å². The smallest absolute Gasteiger partial charge is 0.266 e. The van der Waals surface area contributed by atoms with Gasteiger partial charge in [0, 0.05) is 17.9 Å². The predicted octanol–water partition coefficient (Wildman–Crippen LogP) is 1.94. The molecule has 0 aliphatic rings. The number of nitrogens with one attached hydrogen (secondary N) is 1. The largest absolute Gasteiger partial charge is 0.373 e. The number of H-pyrrole nitrogens is 1. The topological polar surface area (TPSA) is 82.9 Å². The minimum Gasteiger partial charge on any atom is -0.373 e. The number of ether oxygens (including phenoxy) is 1. The number of aryl methyl sites for hydroxylation is 1. The van der Waals surface area contributed by atoms with Crippen molar-refractivity contribution in [2.75, 3.05) is 13.2 Å². The molecule has 0 aromatic carbocycles. The molecule has 0 saturated heterocycles. The summed E-state index contributed by atoms with van der Waals surface area (Å²) in [5.41, 5.74) is 0.276. The van der Waals surface area contributed by atoms with E-state index in [2.05, 4.69) is 11.9 Å². The van der Waals surface area contributed by atoms with Gasteiger partial charge in [0.1, 0.15) is 18.2 Å². The molecule has 19 heavy (non-hydrogen) atoms. The molecule has 0 aliphatic carbocycles. The zero-order valence-corrected chi connectivity index (χ0v) is 11.3. The minimum absolute atomic E-state index is 0.0263. The SMILES string of the molecule is CCCCCOCC(=O)c1cc(C#N)c(=O)[nH]c1C. The van der Waals surface area contributed by atoms with Crippen LogP contribution in [0.2, 0.25) is 0 Å². The van der Waals surface area contributed by atoms with E-state index in [1.807, 2.05) is 0 Å². The van der Waals surface area contributed by atoms with Crippen molar-refractivity contribution in [3.05, 3.63) is 33.2 Å². The molecule has 1 aromatic rings. The highest BCUT2D eigenvalue weighted by Gasteiger charge is 2.12. The van der Waals surface area contributed by atoms with E-state index in [4.69, 9.17) is 10.00 Å². The van der Waals surface area contributed by atoms with Crippen LogP contribution < -0.4 is 5.56 Å². The molecule has 0 radical (unpaired) electrons. The zero-order chi connectivity index (χ0) is 14.3. The first kappa shape index (κ1) is 15.1. The number of nitrogens with zero attached hydrogens (tertiary/aromatic N) is 1. The van der Waals surface area contributed by atoms with Crippen molar-refractivity contribution >= 4 is 5.78 Å². The number of hydrogen-bond donors (Lipinski definition) is 1. The van der Waals surface area contributed by atoms with Crippen LogP contribution in [0.4, 0.5) is 0 Å². The maximum absolute atomic E-state index is 11.9. The zero-order valence-electron chi connectivity index (χ0n) is 11.3. The molecule has 0 atom stereocenters. The van der Waals surface area contributed by atoms with Crippen molar-refractivity contribution in [3.63, 3.8) is 0 Å². The van der Waals surface area contributed by atoms with Crippen LogP contribution >= 0.6 is 0 Å². The van der Waals surface area contributed by atoms with Gasteiger partial charge in [0.25, 0.3) is 5.56 Å². The maximum Gasteiger partial charge on any atom is 0.266 e. The monoisotopic (exact) mass is 262 g/mol. The second-order valence-electron chi connectivity index (χ2n) is 4.35. The number of hydrogen-bond acceptors (Lipinski definition) is 4. The molecule has 0 amide bonds. The third kappa shape index (κ3) is 4.34. The van der Waals surface area contributed by atoms with Crippen LogP contribution in [0.3, 0.4) is 0 Å². The van der Waals surface area contributed by atoms with E-state index in [1.54, 1.807) is 13.0 Å². The number of carbonyl (C=O) groups is 1. The lowest BCUT2D eigenvalue weighted by atomic mass is 10.1. The molecule has 1 rings (SSSR count). The summed E-state index contributed by atoms with van der Waals surface area (Å²) in [5, 5.41) is 8.78. The Kier molecular flexibility index (Phi) is 5.97. The third-order valence-corrected chi connectivity index (χ3v) is 2.78. The Morgan fingerprint density at radius 1 is 1.47 bits per heavy atom. The van der Waals surface area contributed by atoms with Crippen LogP contribution in [0.25, 0.3) is 0 Å². The number of Topliss-reactive ketones (excluding diaryl/α,β-unsaturated/α-hetero) is 1. The number of pyridine rings is 1.